The monoisotopic (exact) mass is 808 g/mol. The van der Waals surface area contributed by atoms with Gasteiger partial charge in [0.2, 0.25) is 23.7 Å². The SMILES string of the molecule is CC(=O)N1CCSC1C(Cc1ccccc1)NC(=O)[C@@H](NC(=O)[C@H](CCCN=C(N)NS(=O)(=O)c1ccc(C)cc1)NC(=O)OCc1cccnc1)C(C)(C)C. The van der Waals surface area contributed by atoms with E-state index in [-0.39, 0.29) is 48.1 Å². The highest BCUT2D eigenvalue weighted by Crippen LogP contribution is 2.29. The fourth-order valence-corrected chi connectivity index (χ4v) is 8.29. The molecule has 0 saturated carbocycles. The summed E-state index contributed by atoms with van der Waals surface area (Å²) in [5.74, 6) is -0.793. The molecule has 2 unspecified atom stereocenters. The maximum Gasteiger partial charge on any atom is 0.408 e. The molecule has 15 nitrogen and oxygen atoms in total. The molecule has 56 heavy (non-hydrogen) atoms. The van der Waals surface area contributed by atoms with Crippen LogP contribution in [-0.2, 0) is 42.2 Å². The van der Waals surface area contributed by atoms with E-state index in [0.717, 1.165) is 16.9 Å². The summed E-state index contributed by atoms with van der Waals surface area (Å²) < 4.78 is 33.1. The summed E-state index contributed by atoms with van der Waals surface area (Å²) >= 11 is 1.59. The number of nitrogens with two attached hydrogens (primary N) is 1. The van der Waals surface area contributed by atoms with E-state index in [9.17, 15) is 27.6 Å². The number of amides is 4. The molecule has 0 radical (unpaired) electrons. The van der Waals surface area contributed by atoms with E-state index in [1.54, 1.807) is 53.3 Å². The van der Waals surface area contributed by atoms with E-state index < -0.39 is 51.5 Å². The average molecular weight is 809 g/mol. The molecular weight excluding hydrogens is 757 g/mol. The fourth-order valence-electron chi connectivity index (χ4n) is 5.96. The Morgan fingerprint density at radius 2 is 1.68 bits per heavy atom. The van der Waals surface area contributed by atoms with Crippen LogP contribution in [0.3, 0.4) is 0 Å². The summed E-state index contributed by atoms with van der Waals surface area (Å²) in [5, 5.41) is 8.30. The molecule has 2 aromatic carbocycles. The second-order valence-electron chi connectivity index (χ2n) is 14.5. The number of alkyl carbamates (subject to hydrolysis) is 1. The molecule has 1 aliphatic heterocycles. The van der Waals surface area contributed by atoms with Gasteiger partial charge in [0.15, 0.2) is 0 Å². The Bertz CT molecular complexity index is 1930. The number of aliphatic imine (C=N–C) groups is 1. The van der Waals surface area contributed by atoms with Gasteiger partial charge in [-0.3, -0.25) is 24.4 Å². The van der Waals surface area contributed by atoms with Crippen LogP contribution < -0.4 is 26.4 Å². The van der Waals surface area contributed by atoms with Gasteiger partial charge in [0.1, 0.15) is 18.7 Å². The number of pyridine rings is 1. The van der Waals surface area contributed by atoms with Gasteiger partial charge in [0, 0.05) is 43.7 Å². The number of hydrogen-bond acceptors (Lipinski definition) is 10. The van der Waals surface area contributed by atoms with Crippen molar-refractivity contribution in [3.63, 3.8) is 0 Å². The zero-order chi connectivity index (χ0) is 40.9. The Morgan fingerprint density at radius 1 is 0.982 bits per heavy atom. The second-order valence-corrected chi connectivity index (χ2v) is 17.5. The fraction of sp³-hybridized carbons (Fsp3) is 0.436. The first kappa shape index (κ1) is 43.6. The molecule has 0 aliphatic carbocycles. The van der Waals surface area contributed by atoms with Crippen LogP contribution in [0.15, 0.2) is 89.0 Å². The standard InChI is InChI=1S/C39H52N8O7S2/c1-26-15-17-30(18-16-26)56(52,53)46-37(40)42-20-10-14-31(44-38(51)54-25-29-13-9-19-41-24-29)34(49)45-33(39(3,4)5)35(50)43-32(23-28-11-7-6-8-12-28)36-47(27(2)48)21-22-55-36/h6-9,11-13,15-19,24,31-33,36H,10,14,20-23,25H2,1-5H3,(H,43,50)(H,44,51)(H,45,49)(H3,40,42,46)/t31-,32?,33+,36?/m0/s1. The van der Waals surface area contributed by atoms with Crippen LogP contribution in [0.4, 0.5) is 4.79 Å². The summed E-state index contributed by atoms with van der Waals surface area (Å²) in [6.45, 7) is 9.27. The molecule has 1 aliphatic rings. The van der Waals surface area contributed by atoms with Crippen molar-refractivity contribution in [3.8, 4) is 0 Å². The molecule has 0 bridgehead atoms. The number of sulfonamides is 1. The van der Waals surface area contributed by atoms with Gasteiger partial charge < -0.3 is 31.3 Å². The molecule has 6 N–H and O–H groups in total. The minimum absolute atomic E-state index is 0.00843. The van der Waals surface area contributed by atoms with E-state index in [1.807, 2.05) is 58.0 Å². The number of aryl methyl sites for hydroxylation is 1. The van der Waals surface area contributed by atoms with Gasteiger partial charge in [-0.1, -0.05) is 74.9 Å². The third kappa shape index (κ3) is 13.3. The first-order chi connectivity index (χ1) is 26.5. The van der Waals surface area contributed by atoms with Gasteiger partial charge in [-0.05, 0) is 55.4 Å². The van der Waals surface area contributed by atoms with Crippen LogP contribution in [-0.4, -0.2) is 90.4 Å². The molecular formula is C39H52N8O7S2. The van der Waals surface area contributed by atoms with Crippen molar-refractivity contribution in [2.24, 2.45) is 16.1 Å². The van der Waals surface area contributed by atoms with Gasteiger partial charge in [-0.25, -0.2) is 17.9 Å². The van der Waals surface area contributed by atoms with E-state index in [4.69, 9.17) is 10.5 Å². The summed E-state index contributed by atoms with van der Waals surface area (Å²) in [5.41, 5.74) is 7.63. The number of hydrogen-bond donors (Lipinski definition) is 5. The molecule has 302 valence electrons. The van der Waals surface area contributed by atoms with Crippen LogP contribution in [0.25, 0.3) is 0 Å². The molecule has 3 aromatic rings. The zero-order valence-electron chi connectivity index (χ0n) is 32.4. The van der Waals surface area contributed by atoms with E-state index in [0.29, 0.717) is 18.5 Å². The third-order valence-corrected chi connectivity index (χ3v) is 11.6. The quantitative estimate of drug-likeness (QED) is 0.0810. The van der Waals surface area contributed by atoms with Gasteiger partial charge in [-0.15, -0.1) is 11.8 Å². The number of benzene rings is 2. The predicted molar refractivity (Wildman–Crippen MR) is 216 cm³/mol. The molecule has 2 heterocycles. The Hall–Kier alpha value is -5.16. The lowest BCUT2D eigenvalue weighted by molar-refractivity contribution is -0.134. The van der Waals surface area contributed by atoms with Gasteiger partial charge in [0.05, 0.1) is 16.3 Å². The van der Waals surface area contributed by atoms with Gasteiger partial charge >= 0.3 is 6.09 Å². The number of carbonyl (C=O) groups excluding carboxylic acids is 4. The van der Waals surface area contributed by atoms with Crippen LogP contribution in [0, 0.1) is 12.3 Å². The van der Waals surface area contributed by atoms with E-state index >= 15 is 0 Å². The highest BCUT2D eigenvalue weighted by molar-refractivity contribution is 8.00. The average Bonchev–Trinajstić information content (AvgIpc) is 3.65. The number of carbonyl (C=O) groups is 4. The minimum Gasteiger partial charge on any atom is -0.445 e. The number of nitrogens with zero attached hydrogens (tertiary/aromatic N) is 3. The highest BCUT2D eigenvalue weighted by atomic mass is 32.2. The van der Waals surface area contributed by atoms with Crippen LogP contribution >= 0.6 is 11.8 Å². The second kappa shape index (κ2) is 20.1. The normalized spacial score (nSPS) is 16.3. The van der Waals surface area contributed by atoms with E-state index in [1.165, 1.54) is 19.1 Å². The molecule has 4 rings (SSSR count). The van der Waals surface area contributed by atoms with E-state index in [2.05, 4.69) is 30.6 Å². The third-order valence-electron chi connectivity index (χ3n) is 8.92. The molecule has 17 heteroatoms. The summed E-state index contributed by atoms with van der Waals surface area (Å²) in [6.07, 6.45) is 2.95. The predicted octanol–water partition coefficient (Wildman–Crippen LogP) is 3.24. The Labute approximate surface area is 333 Å². The highest BCUT2D eigenvalue weighted by Gasteiger charge is 2.40. The first-order valence-electron chi connectivity index (χ1n) is 18.3. The molecule has 4 amide bonds. The molecule has 1 fully saturated rings. The maximum atomic E-state index is 14.2. The van der Waals surface area contributed by atoms with Crippen molar-refractivity contribution in [1.29, 1.82) is 0 Å². The topological polar surface area (TPSA) is 214 Å². The lowest BCUT2D eigenvalue weighted by Crippen LogP contribution is -2.61. The lowest BCUT2D eigenvalue weighted by atomic mass is 9.85. The Morgan fingerprint density at radius 3 is 2.32 bits per heavy atom. The van der Waals surface area contributed by atoms with Crippen LogP contribution in [0.5, 0.6) is 0 Å². The van der Waals surface area contributed by atoms with Crippen molar-refractivity contribution in [1.82, 2.24) is 30.6 Å². The Balaban J connectivity index is 1.49. The van der Waals surface area contributed by atoms with Gasteiger partial charge in [-0.2, -0.15) is 0 Å². The van der Waals surface area contributed by atoms with Gasteiger partial charge in [0.25, 0.3) is 10.0 Å². The minimum atomic E-state index is -3.97. The smallest absolute Gasteiger partial charge is 0.408 e. The lowest BCUT2D eigenvalue weighted by Gasteiger charge is -2.36. The molecule has 4 atom stereocenters. The van der Waals surface area contributed by atoms with Crippen molar-refractivity contribution in [3.05, 3.63) is 95.8 Å². The number of ether oxygens (including phenoxy) is 1. The summed E-state index contributed by atoms with van der Waals surface area (Å²) in [4.78, 5) is 63.6. The first-order valence-corrected chi connectivity index (χ1v) is 20.8. The maximum absolute atomic E-state index is 14.2. The molecule has 0 spiro atoms. The summed E-state index contributed by atoms with van der Waals surface area (Å²) in [7, 11) is -3.97. The van der Waals surface area contributed by atoms with Crippen molar-refractivity contribution in [2.75, 3.05) is 18.8 Å². The van der Waals surface area contributed by atoms with Crippen LogP contribution in [0.2, 0.25) is 0 Å². The number of thioether (sulfide) groups is 1. The van der Waals surface area contributed by atoms with Crippen molar-refractivity contribution < 1.29 is 32.3 Å². The van der Waals surface area contributed by atoms with Crippen molar-refractivity contribution in [2.45, 2.75) is 88.9 Å². The van der Waals surface area contributed by atoms with Crippen LogP contribution in [0.1, 0.15) is 57.2 Å². The number of aromatic nitrogens is 1. The largest absolute Gasteiger partial charge is 0.445 e. The molecule has 1 saturated heterocycles. The number of guanidine groups is 1. The molecule has 1 aromatic heterocycles. The Kier molecular flexibility index (Phi) is 15.7. The summed E-state index contributed by atoms with van der Waals surface area (Å²) in [6, 6.07) is 16.6. The number of rotatable bonds is 16. The van der Waals surface area contributed by atoms with Crippen molar-refractivity contribution >= 4 is 51.6 Å². The number of nitrogens with one attached hydrogen (secondary N) is 4. The zero-order valence-corrected chi connectivity index (χ0v) is 34.0.